The maximum atomic E-state index is 13.7. The molecule has 2 aromatic carbocycles. The molecule has 26 heavy (non-hydrogen) atoms. The Labute approximate surface area is 156 Å². The molecule has 0 aliphatic carbocycles. The third-order valence-electron chi connectivity index (χ3n) is 3.61. The highest BCUT2D eigenvalue weighted by molar-refractivity contribution is 6.30. The van der Waals surface area contributed by atoms with Gasteiger partial charge in [0.15, 0.2) is 0 Å². The Morgan fingerprint density at radius 2 is 1.77 bits per heavy atom. The predicted octanol–water partition coefficient (Wildman–Crippen LogP) is 3.38. The van der Waals surface area contributed by atoms with Crippen molar-refractivity contribution in [3.63, 3.8) is 0 Å². The van der Waals surface area contributed by atoms with Crippen molar-refractivity contribution < 1.29 is 14.0 Å². The van der Waals surface area contributed by atoms with Gasteiger partial charge in [0.1, 0.15) is 11.9 Å². The van der Waals surface area contributed by atoms with Gasteiger partial charge in [0.2, 0.25) is 0 Å². The predicted molar refractivity (Wildman–Crippen MR) is 99.7 cm³/mol. The molecule has 0 saturated carbocycles. The average molecular weight is 376 g/mol. The first kappa shape index (κ1) is 19.6. The van der Waals surface area contributed by atoms with Crippen LogP contribution >= 0.6 is 11.6 Å². The minimum Gasteiger partial charge on any atom is -0.340 e. The molecule has 7 heteroatoms. The third-order valence-corrected chi connectivity index (χ3v) is 3.86. The van der Waals surface area contributed by atoms with Gasteiger partial charge in [-0.25, -0.2) is 9.82 Å². The number of amides is 2. The summed E-state index contributed by atoms with van der Waals surface area (Å²) in [5.74, 6) is -2.00. The normalized spacial score (nSPS) is 12.2. The van der Waals surface area contributed by atoms with Crippen LogP contribution in [0.25, 0.3) is 0 Å². The van der Waals surface area contributed by atoms with E-state index in [1.807, 2.05) is 0 Å². The van der Waals surface area contributed by atoms with Crippen LogP contribution in [0.5, 0.6) is 0 Å². The second-order valence-electron chi connectivity index (χ2n) is 5.96. The van der Waals surface area contributed by atoms with E-state index < -0.39 is 23.7 Å². The Hall–Kier alpha value is -2.73. The molecule has 5 nitrogen and oxygen atoms in total. The van der Waals surface area contributed by atoms with Gasteiger partial charge in [0.05, 0.1) is 11.8 Å². The summed E-state index contributed by atoms with van der Waals surface area (Å²) in [6, 6.07) is 11.6. The molecule has 2 N–H and O–H groups in total. The highest BCUT2D eigenvalue weighted by atomic mass is 35.5. The van der Waals surface area contributed by atoms with Gasteiger partial charge in [-0.2, -0.15) is 5.10 Å². The summed E-state index contributed by atoms with van der Waals surface area (Å²) in [4.78, 5) is 24.6. The zero-order valence-corrected chi connectivity index (χ0v) is 15.1. The van der Waals surface area contributed by atoms with Crippen LogP contribution in [-0.4, -0.2) is 24.1 Å². The Kier molecular flexibility index (Phi) is 6.86. The number of rotatable bonds is 6. The van der Waals surface area contributed by atoms with Crippen molar-refractivity contribution in [1.29, 1.82) is 0 Å². The first-order valence-electron chi connectivity index (χ1n) is 8.02. The molecule has 0 heterocycles. The summed E-state index contributed by atoms with van der Waals surface area (Å²) in [6.45, 7) is 3.55. The number of hydrogen-bond donors (Lipinski definition) is 2. The molecule has 0 fully saturated rings. The van der Waals surface area contributed by atoms with Gasteiger partial charge < -0.3 is 5.32 Å². The number of nitrogens with zero attached hydrogens (tertiary/aromatic N) is 1. The standard InChI is InChI=1S/C19H19ClFN3O2/c1-12(2)17(23-18(25)15-5-3-4-6-16(15)21)19(26)24-22-11-13-7-9-14(20)10-8-13/h3-12,17H,1-2H3,(H,23,25)(H,24,26). The van der Waals surface area contributed by atoms with Crippen LogP contribution in [0, 0.1) is 11.7 Å². The molecule has 136 valence electrons. The minimum absolute atomic E-state index is 0.115. The Morgan fingerprint density at radius 3 is 2.38 bits per heavy atom. The van der Waals surface area contributed by atoms with Gasteiger partial charge in [-0.1, -0.05) is 49.7 Å². The fourth-order valence-corrected chi connectivity index (χ4v) is 2.31. The van der Waals surface area contributed by atoms with E-state index in [1.54, 1.807) is 44.2 Å². The lowest BCUT2D eigenvalue weighted by atomic mass is 10.0. The number of hydrogen-bond acceptors (Lipinski definition) is 3. The van der Waals surface area contributed by atoms with Gasteiger partial charge in [0.25, 0.3) is 11.8 Å². The summed E-state index contributed by atoms with van der Waals surface area (Å²) < 4.78 is 13.7. The lowest BCUT2D eigenvalue weighted by Gasteiger charge is -2.20. The van der Waals surface area contributed by atoms with E-state index in [4.69, 9.17) is 11.6 Å². The molecular weight excluding hydrogens is 357 g/mol. The largest absolute Gasteiger partial charge is 0.340 e. The van der Waals surface area contributed by atoms with E-state index >= 15 is 0 Å². The number of hydrazone groups is 1. The van der Waals surface area contributed by atoms with E-state index in [-0.39, 0.29) is 11.5 Å². The van der Waals surface area contributed by atoms with Crippen LogP contribution < -0.4 is 10.7 Å². The van der Waals surface area contributed by atoms with Gasteiger partial charge in [-0.05, 0) is 35.7 Å². The first-order chi connectivity index (χ1) is 12.4. The number of nitrogens with one attached hydrogen (secondary N) is 2. The first-order valence-corrected chi connectivity index (χ1v) is 8.40. The molecule has 1 unspecified atom stereocenters. The second kappa shape index (κ2) is 9.10. The molecule has 2 amide bonds. The van der Waals surface area contributed by atoms with Crippen LogP contribution in [0.1, 0.15) is 29.8 Å². The summed E-state index contributed by atoms with van der Waals surface area (Å²) in [6.07, 6.45) is 1.46. The van der Waals surface area contributed by atoms with Crippen molar-refractivity contribution in [3.8, 4) is 0 Å². The summed E-state index contributed by atoms with van der Waals surface area (Å²) >= 11 is 5.80. The monoisotopic (exact) mass is 375 g/mol. The minimum atomic E-state index is -0.857. The van der Waals surface area contributed by atoms with Gasteiger partial charge >= 0.3 is 0 Å². The van der Waals surface area contributed by atoms with Crippen molar-refractivity contribution >= 4 is 29.6 Å². The quantitative estimate of drug-likeness (QED) is 0.600. The molecular formula is C19H19ClFN3O2. The molecule has 0 radical (unpaired) electrons. The molecule has 0 saturated heterocycles. The van der Waals surface area contributed by atoms with Crippen molar-refractivity contribution in [2.45, 2.75) is 19.9 Å². The Morgan fingerprint density at radius 1 is 1.12 bits per heavy atom. The van der Waals surface area contributed by atoms with Crippen molar-refractivity contribution in [2.24, 2.45) is 11.0 Å². The lowest BCUT2D eigenvalue weighted by molar-refractivity contribution is -0.123. The van der Waals surface area contributed by atoms with Crippen molar-refractivity contribution in [1.82, 2.24) is 10.7 Å². The summed E-state index contributed by atoms with van der Waals surface area (Å²) in [5.41, 5.74) is 3.03. The molecule has 2 rings (SSSR count). The average Bonchev–Trinajstić information content (AvgIpc) is 2.61. The molecule has 0 spiro atoms. The third kappa shape index (κ3) is 5.39. The Bertz CT molecular complexity index is 807. The molecule has 2 aromatic rings. The SMILES string of the molecule is CC(C)C(NC(=O)c1ccccc1F)C(=O)NN=Cc1ccc(Cl)cc1. The van der Waals surface area contributed by atoms with Crippen LogP contribution in [0.4, 0.5) is 4.39 Å². The topological polar surface area (TPSA) is 70.6 Å². The van der Waals surface area contributed by atoms with Gasteiger partial charge in [-0.15, -0.1) is 0 Å². The van der Waals surface area contributed by atoms with E-state index in [2.05, 4.69) is 15.8 Å². The maximum absolute atomic E-state index is 13.7. The second-order valence-corrected chi connectivity index (χ2v) is 6.40. The van der Waals surface area contributed by atoms with E-state index in [0.717, 1.165) is 5.56 Å². The number of benzene rings is 2. The molecule has 0 aliphatic rings. The highest BCUT2D eigenvalue weighted by Gasteiger charge is 2.25. The van der Waals surface area contributed by atoms with E-state index in [0.29, 0.717) is 5.02 Å². The van der Waals surface area contributed by atoms with Crippen molar-refractivity contribution in [2.75, 3.05) is 0 Å². The maximum Gasteiger partial charge on any atom is 0.262 e. The van der Waals surface area contributed by atoms with Crippen LogP contribution in [0.3, 0.4) is 0 Å². The van der Waals surface area contributed by atoms with Crippen LogP contribution in [0.15, 0.2) is 53.6 Å². The lowest BCUT2D eigenvalue weighted by Crippen LogP contribution is -2.48. The molecule has 1 atom stereocenters. The zero-order valence-electron chi connectivity index (χ0n) is 14.4. The highest BCUT2D eigenvalue weighted by Crippen LogP contribution is 2.09. The zero-order chi connectivity index (χ0) is 19.1. The fraction of sp³-hybridized carbons (Fsp3) is 0.211. The number of carbonyl (C=O) groups excluding carboxylic acids is 2. The number of carbonyl (C=O) groups is 2. The van der Waals surface area contributed by atoms with Gasteiger partial charge in [0, 0.05) is 5.02 Å². The van der Waals surface area contributed by atoms with E-state index in [9.17, 15) is 14.0 Å². The van der Waals surface area contributed by atoms with Crippen LogP contribution in [0.2, 0.25) is 5.02 Å². The Balaban J connectivity index is 2.02. The summed E-state index contributed by atoms with van der Waals surface area (Å²) in [5, 5.41) is 7.03. The molecule has 0 aromatic heterocycles. The van der Waals surface area contributed by atoms with E-state index in [1.165, 1.54) is 24.4 Å². The molecule has 0 aliphatic heterocycles. The fourth-order valence-electron chi connectivity index (χ4n) is 2.19. The van der Waals surface area contributed by atoms with Crippen LogP contribution in [-0.2, 0) is 4.79 Å². The molecule has 0 bridgehead atoms. The van der Waals surface area contributed by atoms with Crippen molar-refractivity contribution in [3.05, 3.63) is 70.5 Å². The van der Waals surface area contributed by atoms with Gasteiger partial charge in [-0.3, -0.25) is 9.59 Å². The number of halogens is 2. The smallest absolute Gasteiger partial charge is 0.262 e. The summed E-state index contributed by atoms with van der Waals surface area (Å²) in [7, 11) is 0.